The summed E-state index contributed by atoms with van der Waals surface area (Å²) in [7, 11) is -4.00. The number of aromatic nitrogens is 3. The zero-order valence-electron chi connectivity index (χ0n) is 19.1. The minimum absolute atomic E-state index is 0.134. The van der Waals surface area contributed by atoms with Crippen LogP contribution in [0.2, 0.25) is 5.02 Å². The molecule has 3 aromatic rings. The van der Waals surface area contributed by atoms with Crippen LogP contribution in [0.4, 0.5) is 5.82 Å². The minimum atomic E-state index is -4.00. The van der Waals surface area contributed by atoms with E-state index in [-0.39, 0.29) is 19.0 Å². The number of ether oxygens (including phenoxy) is 2. The van der Waals surface area contributed by atoms with Crippen LogP contribution < -0.4 is 5.73 Å². The van der Waals surface area contributed by atoms with Crippen molar-refractivity contribution in [2.45, 2.75) is 44.0 Å². The van der Waals surface area contributed by atoms with Gasteiger partial charge in [0.1, 0.15) is 30.0 Å². The van der Waals surface area contributed by atoms with Crippen LogP contribution in [0.1, 0.15) is 31.2 Å². The van der Waals surface area contributed by atoms with Gasteiger partial charge in [-0.15, -0.1) is 0 Å². The van der Waals surface area contributed by atoms with Gasteiger partial charge in [0.2, 0.25) is 0 Å². The average Bonchev–Trinajstić information content (AvgIpc) is 3.40. The van der Waals surface area contributed by atoms with Gasteiger partial charge < -0.3 is 24.9 Å². The predicted octanol–water partition coefficient (Wildman–Crippen LogP) is 3.16. The molecule has 192 valence electrons. The number of hydrogen-bond donors (Lipinski definition) is 2. The lowest BCUT2D eigenvalue weighted by atomic mass is 10.1. The Morgan fingerprint density at radius 3 is 2.97 bits per heavy atom. The fourth-order valence-electron chi connectivity index (χ4n) is 4.29. The number of anilines is 1. The van der Waals surface area contributed by atoms with E-state index in [0.29, 0.717) is 22.5 Å². The molecule has 2 fully saturated rings. The fourth-order valence-corrected chi connectivity index (χ4v) is 5.89. The van der Waals surface area contributed by atoms with Crippen LogP contribution in [-0.4, -0.2) is 57.1 Å². The van der Waals surface area contributed by atoms with Crippen molar-refractivity contribution in [3.8, 4) is 0 Å². The van der Waals surface area contributed by atoms with Crippen molar-refractivity contribution in [3.63, 3.8) is 0 Å². The highest BCUT2D eigenvalue weighted by Crippen LogP contribution is 2.57. The average molecular weight is 539 g/mol. The maximum atomic E-state index is 13.2. The minimum Gasteiger partial charge on any atom is -0.457 e. The molecular weight excluding hydrogens is 515 g/mol. The highest BCUT2D eigenvalue weighted by Gasteiger charge is 2.49. The maximum absolute atomic E-state index is 13.2. The molecule has 0 saturated carbocycles. The van der Waals surface area contributed by atoms with Crippen molar-refractivity contribution >= 4 is 42.2 Å². The van der Waals surface area contributed by atoms with E-state index in [0.717, 1.165) is 5.56 Å². The quantitative estimate of drug-likeness (QED) is 0.351. The summed E-state index contributed by atoms with van der Waals surface area (Å²) in [5.74, 6) is -0.364. The third kappa shape index (κ3) is 4.98. The van der Waals surface area contributed by atoms with E-state index in [9.17, 15) is 14.5 Å². The first-order valence-corrected chi connectivity index (χ1v) is 13.0. The van der Waals surface area contributed by atoms with Crippen LogP contribution in [0.15, 0.2) is 42.9 Å². The summed E-state index contributed by atoms with van der Waals surface area (Å²) >= 11 is 6.07. The van der Waals surface area contributed by atoms with Crippen molar-refractivity contribution in [2.75, 3.05) is 18.9 Å². The van der Waals surface area contributed by atoms with Gasteiger partial charge in [0.15, 0.2) is 12.3 Å². The topological polar surface area (TPSA) is 157 Å². The van der Waals surface area contributed by atoms with Gasteiger partial charge in [-0.3, -0.25) is 18.4 Å². The molecule has 0 radical (unpaired) electrons. The summed E-state index contributed by atoms with van der Waals surface area (Å²) in [4.78, 5) is 19.9. The molecule has 5 rings (SSSR count). The second-order valence-electron chi connectivity index (χ2n) is 8.36. The number of nitrogens with two attached hydrogens (primary N) is 1. The number of halogens is 1. The molecule has 0 amide bonds. The number of rotatable bonds is 6. The lowest BCUT2D eigenvalue weighted by Crippen LogP contribution is -2.38. The molecule has 2 aliphatic heterocycles. The zero-order chi connectivity index (χ0) is 25.4. The number of benzene rings is 1. The van der Waals surface area contributed by atoms with Gasteiger partial charge in [0, 0.05) is 24.6 Å². The molecule has 2 aromatic heterocycles. The number of hydrogen-bond acceptors (Lipinski definition) is 11. The number of nitrogens with zero attached hydrogens (tertiary/aromatic N) is 3. The first-order valence-electron chi connectivity index (χ1n) is 11.1. The third-order valence-corrected chi connectivity index (χ3v) is 7.64. The van der Waals surface area contributed by atoms with Gasteiger partial charge in [-0.05, 0) is 23.8 Å². The van der Waals surface area contributed by atoms with Gasteiger partial charge in [-0.25, -0.2) is 14.5 Å². The van der Waals surface area contributed by atoms with Crippen LogP contribution in [0.25, 0.3) is 11.0 Å². The number of aliphatic hydroxyl groups excluding tert-OH is 1. The van der Waals surface area contributed by atoms with Gasteiger partial charge in [0.25, 0.3) is 0 Å². The number of nitrogen functional groups attached to an aromatic ring is 1. The highest BCUT2D eigenvalue weighted by molar-refractivity contribution is 7.48. The number of esters is 1. The second-order valence-corrected chi connectivity index (χ2v) is 10.4. The standard InChI is InChI=1S/C22H24ClN4O8P/c1-12(28)33-19-17(34-22(18(19)29)27-7-5-15-20(24)25-11-26-21(15)27)10-32-36(30)31-8-6-16(35-36)13-3-2-4-14(23)9-13/h2-5,7,9,11,16-19,22,29H,6,8,10H2,1H3,(H2,24,25,26)/t16-,17+,18+,19+,22+,36+/m0/s1. The van der Waals surface area contributed by atoms with E-state index < -0.39 is 44.4 Å². The van der Waals surface area contributed by atoms with Crippen molar-refractivity contribution in [2.24, 2.45) is 0 Å². The number of carbonyl (C=O) groups is 1. The predicted molar refractivity (Wildman–Crippen MR) is 127 cm³/mol. The molecule has 12 nitrogen and oxygen atoms in total. The van der Waals surface area contributed by atoms with E-state index in [1.807, 2.05) is 6.07 Å². The molecule has 2 aliphatic rings. The van der Waals surface area contributed by atoms with E-state index in [4.69, 9.17) is 40.4 Å². The number of carbonyl (C=O) groups excluding carboxylic acids is 1. The largest absolute Gasteiger partial charge is 0.475 e. The second kappa shape index (κ2) is 10.1. The summed E-state index contributed by atoms with van der Waals surface area (Å²) in [5, 5.41) is 12.1. The molecule has 0 bridgehead atoms. The molecule has 1 aromatic carbocycles. The number of phosphoric acid groups is 1. The van der Waals surface area contributed by atoms with Crippen LogP contribution in [0, 0.1) is 0 Å². The van der Waals surface area contributed by atoms with Crippen LogP contribution >= 0.6 is 19.4 Å². The van der Waals surface area contributed by atoms with Gasteiger partial charge in [0.05, 0.1) is 24.7 Å². The van der Waals surface area contributed by atoms with E-state index in [1.165, 1.54) is 13.3 Å². The summed E-state index contributed by atoms with van der Waals surface area (Å²) in [6, 6.07) is 8.70. The molecular formula is C22H24ClN4O8P. The van der Waals surface area contributed by atoms with E-state index in [1.54, 1.807) is 35.0 Å². The Morgan fingerprint density at radius 1 is 1.36 bits per heavy atom. The first kappa shape index (κ1) is 25.1. The smallest absolute Gasteiger partial charge is 0.457 e. The summed E-state index contributed by atoms with van der Waals surface area (Å²) in [5.41, 5.74) is 7.07. The first-order chi connectivity index (χ1) is 17.2. The van der Waals surface area contributed by atoms with Crippen molar-refractivity contribution in [1.82, 2.24) is 14.5 Å². The number of fused-ring (bicyclic) bond motifs is 1. The summed E-state index contributed by atoms with van der Waals surface area (Å²) < 4.78 is 42.7. The molecule has 4 heterocycles. The fraction of sp³-hybridized carbons (Fsp3) is 0.409. The zero-order valence-corrected chi connectivity index (χ0v) is 20.7. The maximum Gasteiger partial charge on any atom is 0.475 e. The normalized spacial score (nSPS) is 30.5. The molecule has 2 saturated heterocycles. The molecule has 0 aliphatic carbocycles. The Hall–Kier alpha value is -2.57. The molecule has 14 heteroatoms. The monoisotopic (exact) mass is 538 g/mol. The van der Waals surface area contributed by atoms with Crippen LogP contribution in [0.5, 0.6) is 0 Å². The highest BCUT2D eigenvalue weighted by atomic mass is 35.5. The van der Waals surface area contributed by atoms with Crippen LogP contribution in [0.3, 0.4) is 0 Å². The molecule has 0 spiro atoms. The Labute approximate surface area is 210 Å². The Morgan fingerprint density at radius 2 is 2.19 bits per heavy atom. The van der Waals surface area contributed by atoms with Gasteiger partial charge >= 0.3 is 13.8 Å². The Balaban J connectivity index is 1.33. The van der Waals surface area contributed by atoms with Crippen molar-refractivity contribution < 1.29 is 37.5 Å². The van der Waals surface area contributed by atoms with Crippen molar-refractivity contribution in [1.29, 1.82) is 0 Å². The third-order valence-electron chi connectivity index (χ3n) is 5.93. The number of phosphoric ester groups is 1. The van der Waals surface area contributed by atoms with Gasteiger partial charge in [-0.1, -0.05) is 23.7 Å². The van der Waals surface area contributed by atoms with Crippen LogP contribution in [-0.2, 0) is 32.4 Å². The summed E-state index contributed by atoms with van der Waals surface area (Å²) in [6.07, 6.45) is -1.57. The molecule has 0 unspecified atom stereocenters. The van der Waals surface area contributed by atoms with Gasteiger partial charge in [-0.2, -0.15) is 0 Å². The Bertz CT molecular complexity index is 1320. The SMILES string of the molecule is CC(=O)O[C@H]1[C@@H](O)[C@H](n2ccc3c(N)ncnc32)O[C@@H]1CO[P@@]1(=O)OCC[C@@H](c2cccc(Cl)c2)O1. The molecule has 3 N–H and O–H groups in total. The molecule has 6 atom stereocenters. The Kier molecular flexibility index (Phi) is 7.01. The van der Waals surface area contributed by atoms with E-state index >= 15 is 0 Å². The lowest BCUT2D eigenvalue weighted by molar-refractivity contribution is -0.153. The lowest BCUT2D eigenvalue weighted by Gasteiger charge is -2.30. The molecule has 36 heavy (non-hydrogen) atoms. The van der Waals surface area contributed by atoms with Crippen molar-refractivity contribution in [3.05, 3.63) is 53.4 Å². The van der Waals surface area contributed by atoms with E-state index in [2.05, 4.69) is 9.97 Å². The summed E-state index contributed by atoms with van der Waals surface area (Å²) in [6.45, 7) is 0.998. The number of aliphatic hydroxyl groups is 1.